The Balaban J connectivity index is 1.48. The number of aromatic amines is 1. The minimum absolute atomic E-state index is 0.0700. The first-order valence-corrected chi connectivity index (χ1v) is 8.76. The summed E-state index contributed by atoms with van der Waals surface area (Å²) in [6.45, 7) is 4.24. The molecular formula is C19H23N3O2. The van der Waals surface area contributed by atoms with Gasteiger partial charge in [0.2, 0.25) is 11.8 Å². The number of nitrogens with zero attached hydrogens (tertiary/aromatic N) is 2. The van der Waals surface area contributed by atoms with Crippen LogP contribution in [0.15, 0.2) is 24.3 Å². The minimum atomic E-state index is 0.0700. The molecule has 2 aliphatic rings. The fourth-order valence-electron chi connectivity index (χ4n) is 4.08. The smallest absolute Gasteiger partial charge is 0.226 e. The molecule has 0 radical (unpaired) electrons. The quantitative estimate of drug-likeness (QED) is 0.871. The van der Waals surface area contributed by atoms with Crippen molar-refractivity contribution in [1.29, 1.82) is 0 Å². The monoisotopic (exact) mass is 325 g/mol. The van der Waals surface area contributed by atoms with Crippen LogP contribution in [0.4, 0.5) is 0 Å². The zero-order valence-electron chi connectivity index (χ0n) is 14.0. The molecule has 0 spiro atoms. The average molecular weight is 325 g/mol. The van der Waals surface area contributed by atoms with E-state index in [2.05, 4.69) is 23.2 Å². The molecule has 1 N–H and O–H groups in total. The summed E-state index contributed by atoms with van der Waals surface area (Å²) in [7, 11) is 0. The Bertz CT molecular complexity index is 787. The second-order valence-corrected chi connectivity index (χ2v) is 6.90. The third-order valence-corrected chi connectivity index (χ3v) is 5.48. The molecule has 1 unspecified atom stereocenters. The van der Waals surface area contributed by atoms with Gasteiger partial charge in [-0.1, -0.05) is 18.2 Å². The first-order valence-electron chi connectivity index (χ1n) is 8.76. The number of fused-ring (bicyclic) bond motifs is 3. The Hall–Kier alpha value is -2.30. The number of aromatic nitrogens is 1. The number of piperazine rings is 1. The number of amides is 2. The third-order valence-electron chi connectivity index (χ3n) is 5.48. The largest absolute Gasteiger partial charge is 0.358 e. The number of para-hydroxylation sites is 1. The van der Waals surface area contributed by atoms with Gasteiger partial charge in [0.15, 0.2) is 0 Å². The number of hydrogen-bond acceptors (Lipinski definition) is 2. The van der Waals surface area contributed by atoms with Gasteiger partial charge in [-0.15, -0.1) is 0 Å². The van der Waals surface area contributed by atoms with Crippen molar-refractivity contribution in [3.05, 3.63) is 35.5 Å². The van der Waals surface area contributed by atoms with Crippen molar-refractivity contribution >= 4 is 22.7 Å². The van der Waals surface area contributed by atoms with Crippen LogP contribution in [0.5, 0.6) is 0 Å². The Kier molecular flexibility index (Phi) is 3.79. The molecule has 1 aliphatic carbocycles. The maximum Gasteiger partial charge on any atom is 0.226 e. The molecule has 1 aromatic carbocycles. The first kappa shape index (κ1) is 15.2. The van der Waals surface area contributed by atoms with E-state index in [0.717, 1.165) is 19.3 Å². The second kappa shape index (κ2) is 5.96. The Morgan fingerprint density at radius 3 is 2.54 bits per heavy atom. The SMILES string of the molecule is CC(=O)N1CCN(C(=O)C2CCc3[nH]c4ccccc4c3C2)CC1. The summed E-state index contributed by atoms with van der Waals surface area (Å²) < 4.78 is 0. The molecule has 1 atom stereocenters. The summed E-state index contributed by atoms with van der Waals surface area (Å²) >= 11 is 0. The van der Waals surface area contributed by atoms with Crippen LogP contribution < -0.4 is 0 Å². The number of H-pyrrole nitrogens is 1. The van der Waals surface area contributed by atoms with Crippen LogP contribution in [0.2, 0.25) is 0 Å². The summed E-state index contributed by atoms with van der Waals surface area (Å²) in [4.78, 5) is 31.6. The predicted molar refractivity (Wildman–Crippen MR) is 92.6 cm³/mol. The molecule has 1 aliphatic heterocycles. The van der Waals surface area contributed by atoms with E-state index in [0.29, 0.717) is 26.2 Å². The van der Waals surface area contributed by atoms with E-state index in [-0.39, 0.29) is 17.7 Å². The van der Waals surface area contributed by atoms with Crippen molar-refractivity contribution in [2.45, 2.75) is 26.2 Å². The molecule has 1 aromatic heterocycles. The van der Waals surface area contributed by atoms with Crippen LogP contribution in [0, 0.1) is 5.92 Å². The van der Waals surface area contributed by atoms with Gasteiger partial charge in [0, 0.05) is 55.6 Å². The highest BCUT2D eigenvalue weighted by molar-refractivity contribution is 5.87. The molecule has 2 heterocycles. The van der Waals surface area contributed by atoms with Crippen molar-refractivity contribution < 1.29 is 9.59 Å². The maximum absolute atomic E-state index is 12.9. The fraction of sp³-hybridized carbons (Fsp3) is 0.474. The van der Waals surface area contributed by atoms with Crippen molar-refractivity contribution in [3.63, 3.8) is 0 Å². The average Bonchev–Trinajstić information content (AvgIpc) is 2.99. The third kappa shape index (κ3) is 2.58. The van der Waals surface area contributed by atoms with Crippen LogP contribution >= 0.6 is 0 Å². The normalized spacial score (nSPS) is 21.0. The molecule has 0 bridgehead atoms. The highest BCUT2D eigenvalue weighted by atomic mass is 16.2. The summed E-state index contributed by atoms with van der Waals surface area (Å²) in [6.07, 6.45) is 2.67. The van der Waals surface area contributed by atoms with Gasteiger partial charge in [-0.3, -0.25) is 9.59 Å². The van der Waals surface area contributed by atoms with Gasteiger partial charge >= 0.3 is 0 Å². The lowest BCUT2D eigenvalue weighted by Gasteiger charge is -2.36. The van der Waals surface area contributed by atoms with E-state index < -0.39 is 0 Å². The van der Waals surface area contributed by atoms with Crippen molar-refractivity contribution in [2.75, 3.05) is 26.2 Å². The van der Waals surface area contributed by atoms with Gasteiger partial charge in [0.1, 0.15) is 0 Å². The number of carbonyl (C=O) groups is 2. The van der Waals surface area contributed by atoms with Gasteiger partial charge < -0.3 is 14.8 Å². The van der Waals surface area contributed by atoms with Crippen LogP contribution in [0.1, 0.15) is 24.6 Å². The molecule has 1 fully saturated rings. The fourth-order valence-corrected chi connectivity index (χ4v) is 4.08. The van der Waals surface area contributed by atoms with Crippen LogP contribution in [-0.2, 0) is 22.4 Å². The number of hydrogen-bond donors (Lipinski definition) is 1. The van der Waals surface area contributed by atoms with E-state index in [1.165, 1.54) is 22.2 Å². The highest BCUT2D eigenvalue weighted by Gasteiger charge is 2.32. The van der Waals surface area contributed by atoms with E-state index in [1.54, 1.807) is 6.92 Å². The topological polar surface area (TPSA) is 56.4 Å². The van der Waals surface area contributed by atoms with Crippen molar-refractivity contribution in [2.24, 2.45) is 5.92 Å². The molecule has 5 heteroatoms. The van der Waals surface area contributed by atoms with Crippen LogP contribution in [0.25, 0.3) is 10.9 Å². The molecular weight excluding hydrogens is 302 g/mol. The lowest BCUT2D eigenvalue weighted by molar-refractivity contribution is -0.141. The highest BCUT2D eigenvalue weighted by Crippen LogP contribution is 2.32. The van der Waals surface area contributed by atoms with Crippen LogP contribution in [0.3, 0.4) is 0 Å². The number of aryl methyl sites for hydroxylation is 1. The van der Waals surface area contributed by atoms with Crippen LogP contribution in [-0.4, -0.2) is 52.8 Å². The molecule has 24 heavy (non-hydrogen) atoms. The molecule has 5 nitrogen and oxygen atoms in total. The standard InChI is InChI=1S/C19H23N3O2/c1-13(23)21-8-10-22(11-9-21)19(24)14-6-7-18-16(12-14)15-4-2-3-5-17(15)20-18/h2-5,14,20H,6-12H2,1H3. The summed E-state index contributed by atoms with van der Waals surface area (Å²) in [5.41, 5.74) is 3.78. The molecule has 2 amide bonds. The summed E-state index contributed by atoms with van der Waals surface area (Å²) in [5.74, 6) is 0.429. The Morgan fingerprint density at radius 1 is 1.08 bits per heavy atom. The predicted octanol–water partition coefficient (Wildman–Crippen LogP) is 1.96. The number of rotatable bonds is 1. The van der Waals surface area contributed by atoms with Crippen molar-refractivity contribution in [3.8, 4) is 0 Å². The van der Waals surface area contributed by atoms with Crippen molar-refractivity contribution in [1.82, 2.24) is 14.8 Å². The van der Waals surface area contributed by atoms with E-state index in [4.69, 9.17) is 0 Å². The van der Waals surface area contributed by atoms with Gasteiger partial charge in [-0.25, -0.2) is 0 Å². The second-order valence-electron chi connectivity index (χ2n) is 6.90. The van der Waals surface area contributed by atoms with Gasteiger partial charge in [-0.05, 0) is 30.9 Å². The molecule has 2 aromatic rings. The zero-order chi connectivity index (χ0) is 16.7. The zero-order valence-corrected chi connectivity index (χ0v) is 14.0. The Labute approximate surface area is 141 Å². The Morgan fingerprint density at radius 2 is 1.79 bits per heavy atom. The first-order chi connectivity index (χ1) is 11.6. The lowest BCUT2D eigenvalue weighted by atomic mass is 9.85. The van der Waals surface area contributed by atoms with Gasteiger partial charge in [0.05, 0.1) is 0 Å². The molecule has 1 saturated heterocycles. The van der Waals surface area contributed by atoms with Gasteiger partial charge in [0.25, 0.3) is 0 Å². The minimum Gasteiger partial charge on any atom is -0.358 e. The molecule has 126 valence electrons. The summed E-state index contributed by atoms with van der Waals surface area (Å²) in [6, 6.07) is 8.35. The number of carbonyl (C=O) groups excluding carboxylic acids is 2. The maximum atomic E-state index is 12.9. The van der Waals surface area contributed by atoms with E-state index >= 15 is 0 Å². The molecule has 0 saturated carbocycles. The lowest BCUT2D eigenvalue weighted by Crippen LogP contribution is -2.52. The van der Waals surface area contributed by atoms with Gasteiger partial charge in [-0.2, -0.15) is 0 Å². The van der Waals surface area contributed by atoms with E-state index in [9.17, 15) is 9.59 Å². The number of benzene rings is 1. The van der Waals surface area contributed by atoms with E-state index in [1.807, 2.05) is 15.9 Å². The summed E-state index contributed by atoms with van der Waals surface area (Å²) in [5, 5.41) is 1.26. The molecule has 4 rings (SSSR count). The number of nitrogens with one attached hydrogen (secondary N) is 1.